The summed E-state index contributed by atoms with van der Waals surface area (Å²) < 4.78 is 69.3. The number of hydrogen-bond donors (Lipinski definition) is 3. The van der Waals surface area contributed by atoms with E-state index >= 15 is 0 Å². The minimum absolute atomic E-state index is 0.0739. The Kier molecular flexibility index (Phi) is 6.89. The number of benzene rings is 1. The normalized spacial score (nSPS) is 19.2. The molecule has 2 fully saturated rings. The predicted molar refractivity (Wildman–Crippen MR) is 123 cm³/mol. The van der Waals surface area contributed by atoms with Crippen molar-refractivity contribution in [1.82, 2.24) is 9.88 Å². The Balaban J connectivity index is 1.69. The number of carbonyl (C=O) groups is 1. The Morgan fingerprint density at radius 3 is 2.28 bits per heavy atom. The zero-order valence-electron chi connectivity index (χ0n) is 19.8. The maximum absolute atomic E-state index is 14.6. The molecule has 2 aliphatic rings. The van der Waals surface area contributed by atoms with E-state index in [-0.39, 0.29) is 42.3 Å². The molecule has 0 spiro atoms. The minimum Gasteiger partial charge on any atom is -0.396 e. The second kappa shape index (κ2) is 9.49. The Labute approximate surface area is 204 Å². The van der Waals surface area contributed by atoms with Crippen molar-refractivity contribution in [1.29, 1.82) is 0 Å². The molecule has 36 heavy (non-hydrogen) atoms. The van der Waals surface area contributed by atoms with Crippen LogP contribution in [-0.4, -0.2) is 34.7 Å². The lowest BCUT2D eigenvalue weighted by atomic mass is 9.98. The van der Waals surface area contributed by atoms with E-state index in [1.54, 1.807) is 6.92 Å². The van der Waals surface area contributed by atoms with Gasteiger partial charge in [-0.15, -0.1) is 0 Å². The van der Waals surface area contributed by atoms with Crippen LogP contribution in [0, 0.1) is 11.2 Å². The zero-order chi connectivity index (χ0) is 26.4. The number of alkyl halides is 4. The molecule has 0 aliphatic heterocycles. The number of pyridine rings is 1. The van der Waals surface area contributed by atoms with Gasteiger partial charge in [-0.05, 0) is 39.5 Å². The number of anilines is 1. The first kappa shape index (κ1) is 26.1. The molecule has 4 rings (SSSR count). The highest BCUT2D eigenvalue weighted by Gasteiger charge is 2.54. The number of nitrogens with zero attached hydrogens (tertiary/aromatic N) is 1. The summed E-state index contributed by atoms with van der Waals surface area (Å²) in [5.41, 5.74) is -3.83. The van der Waals surface area contributed by atoms with Gasteiger partial charge in [0.1, 0.15) is 11.4 Å². The summed E-state index contributed by atoms with van der Waals surface area (Å²) in [6.45, 7) is 3.08. The number of aromatic nitrogens is 1. The smallest absolute Gasteiger partial charge is 0.266 e. The molecule has 2 atom stereocenters. The molecular formula is C25H28F5N3O3. The van der Waals surface area contributed by atoms with Gasteiger partial charge in [0.25, 0.3) is 24.3 Å². The molecule has 1 unspecified atom stereocenters. The zero-order valence-corrected chi connectivity index (χ0v) is 19.8. The van der Waals surface area contributed by atoms with E-state index in [9.17, 15) is 36.6 Å². The summed E-state index contributed by atoms with van der Waals surface area (Å²) in [5, 5.41) is 15.3. The first-order chi connectivity index (χ1) is 17.0. The van der Waals surface area contributed by atoms with Crippen molar-refractivity contribution in [2.45, 2.75) is 70.0 Å². The third-order valence-corrected chi connectivity index (χ3v) is 7.55. The lowest BCUT2D eigenvalue weighted by Crippen LogP contribution is -2.38. The van der Waals surface area contributed by atoms with Crippen LogP contribution < -0.4 is 16.2 Å². The van der Waals surface area contributed by atoms with Crippen LogP contribution in [0.4, 0.5) is 27.6 Å². The van der Waals surface area contributed by atoms with Crippen LogP contribution in [0.5, 0.6) is 0 Å². The number of halogens is 5. The number of rotatable bonds is 10. The van der Waals surface area contributed by atoms with Crippen LogP contribution in [-0.2, 0) is 5.54 Å². The van der Waals surface area contributed by atoms with E-state index in [1.165, 1.54) is 19.1 Å². The molecule has 196 valence electrons. The van der Waals surface area contributed by atoms with Gasteiger partial charge in [-0.2, -0.15) is 0 Å². The molecular weight excluding hydrogens is 485 g/mol. The molecule has 3 N–H and O–H groups in total. The highest BCUT2D eigenvalue weighted by molar-refractivity contribution is 5.99. The van der Waals surface area contributed by atoms with Gasteiger partial charge in [-0.1, -0.05) is 18.2 Å². The monoisotopic (exact) mass is 513 g/mol. The number of carbonyl (C=O) groups excluding carboxylic acids is 1. The molecule has 1 aromatic carbocycles. The highest BCUT2D eigenvalue weighted by atomic mass is 19.3. The maximum atomic E-state index is 14.6. The van der Waals surface area contributed by atoms with Crippen LogP contribution in [0.25, 0.3) is 0 Å². The summed E-state index contributed by atoms with van der Waals surface area (Å²) in [7, 11) is 0. The summed E-state index contributed by atoms with van der Waals surface area (Å²) in [5.74, 6) is -1.95. The van der Waals surface area contributed by atoms with Crippen molar-refractivity contribution >= 4 is 11.6 Å². The van der Waals surface area contributed by atoms with Crippen molar-refractivity contribution < 1.29 is 31.9 Å². The number of aliphatic hydroxyl groups excluding tert-OH is 1. The van der Waals surface area contributed by atoms with Crippen LogP contribution in [0.2, 0.25) is 0 Å². The Bertz CT molecular complexity index is 1210. The topological polar surface area (TPSA) is 83.4 Å². The van der Waals surface area contributed by atoms with Gasteiger partial charge >= 0.3 is 0 Å². The van der Waals surface area contributed by atoms with Crippen molar-refractivity contribution in [3.63, 3.8) is 0 Å². The molecule has 6 nitrogen and oxygen atoms in total. The van der Waals surface area contributed by atoms with Crippen molar-refractivity contribution in [2.24, 2.45) is 5.41 Å². The van der Waals surface area contributed by atoms with E-state index in [0.29, 0.717) is 0 Å². The number of hydrogen-bond acceptors (Lipinski definition) is 4. The number of nitrogens with one attached hydrogen (secondary N) is 2. The van der Waals surface area contributed by atoms with Gasteiger partial charge in [-0.3, -0.25) is 9.59 Å². The molecule has 2 aliphatic carbocycles. The van der Waals surface area contributed by atoms with E-state index in [0.717, 1.165) is 35.7 Å². The second-order valence-electron chi connectivity index (χ2n) is 9.85. The Morgan fingerprint density at radius 1 is 1.11 bits per heavy atom. The molecule has 11 heteroatoms. The molecule has 0 radical (unpaired) electrons. The van der Waals surface area contributed by atoms with Crippen molar-refractivity contribution in [3.05, 3.63) is 63.3 Å². The van der Waals surface area contributed by atoms with Crippen LogP contribution >= 0.6 is 0 Å². The van der Waals surface area contributed by atoms with E-state index in [1.807, 2.05) is 0 Å². The molecule has 1 heterocycles. The van der Waals surface area contributed by atoms with Gasteiger partial charge < -0.3 is 20.3 Å². The molecule has 2 aromatic rings. The molecule has 1 amide bonds. The quantitative estimate of drug-likeness (QED) is 0.401. The third kappa shape index (κ3) is 4.60. The fourth-order valence-corrected chi connectivity index (χ4v) is 4.57. The predicted octanol–water partition coefficient (Wildman–Crippen LogP) is 4.74. The fraction of sp³-hybridized carbons (Fsp3) is 0.520. The van der Waals surface area contributed by atoms with E-state index in [2.05, 4.69) is 10.6 Å². The molecule has 1 aromatic heterocycles. The number of aliphatic hydroxyl groups is 1. The SMILES string of the molecule is CC(Nc1cc(=O)n(C2(C(F)F)CC2)cc1C(=O)N[C@H](C)c1cccc(C(F)F)c1F)C1(CO)CC1. The summed E-state index contributed by atoms with van der Waals surface area (Å²) in [6, 6.07) is 3.16. The van der Waals surface area contributed by atoms with Gasteiger partial charge in [0, 0.05) is 29.3 Å². The van der Waals surface area contributed by atoms with Gasteiger partial charge in [0.2, 0.25) is 0 Å². The van der Waals surface area contributed by atoms with Crippen molar-refractivity contribution in [3.8, 4) is 0 Å². The third-order valence-electron chi connectivity index (χ3n) is 7.55. The Morgan fingerprint density at radius 2 is 1.75 bits per heavy atom. The van der Waals surface area contributed by atoms with E-state index in [4.69, 9.17) is 0 Å². The highest BCUT2D eigenvalue weighted by Crippen LogP contribution is 2.50. The van der Waals surface area contributed by atoms with Gasteiger partial charge in [-0.25, -0.2) is 22.0 Å². The maximum Gasteiger partial charge on any atom is 0.266 e. The average molecular weight is 514 g/mol. The van der Waals surface area contributed by atoms with Gasteiger partial charge in [0.15, 0.2) is 0 Å². The van der Waals surface area contributed by atoms with Crippen LogP contribution in [0.3, 0.4) is 0 Å². The van der Waals surface area contributed by atoms with Crippen LogP contribution in [0.15, 0.2) is 35.3 Å². The fourth-order valence-electron chi connectivity index (χ4n) is 4.57. The summed E-state index contributed by atoms with van der Waals surface area (Å²) >= 11 is 0. The number of amides is 1. The second-order valence-corrected chi connectivity index (χ2v) is 9.85. The summed E-state index contributed by atoms with van der Waals surface area (Å²) in [6.07, 6.45) is -3.17. The standard InChI is InChI=1S/C25H28F5N3O3/c1-13(15-4-3-5-16(20(15)26)21(27)28)31-22(36)17-11-33(25(8-9-25)23(29)30)19(35)10-18(17)32-14(2)24(12-34)6-7-24/h3-5,10-11,13-14,21,23,32,34H,6-9,12H2,1-2H3,(H,31,36)/t13-,14?/m1/s1. The van der Waals surface area contributed by atoms with E-state index < -0.39 is 52.7 Å². The average Bonchev–Trinajstić information content (AvgIpc) is 3.73. The largest absolute Gasteiger partial charge is 0.396 e. The lowest BCUT2D eigenvalue weighted by molar-refractivity contribution is 0.0648. The first-order valence-electron chi connectivity index (χ1n) is 11.8. The minimum atomic E-state index is -3.04. The van der Waals surface area contributed by atoms with Crippen molar-refractivity contribution in [2.75, 3.05) is 11.9 Å². The molecule has 0 saturated heterocycles. The summed E-state index contributed by atoms with van der Waals surface area (Å²) in [4.78, 5) is 26.1. The molecule has 2 saturated carbocycles. The lowest BCUT2D eigenvalue weighted by Gasteiger charge is -2.26. The first-order valence-corrected chi connectivity index (χ1v) is 11.8. The van der Waals surface area contributed by atoms with Crippen LogP contribution in [0.1, 0.15) is 73.5 Å². The molecule has 0 bridgehead atoms. The van der Waals surface area contributed by atoms with Gasteiger partial charge in [0.05, 0.1) is 29.5 Å². The Hall–Kier alpha value is -2.95.